The summed E-state index contributed by atoms with van der Waals surface area (Å²) in [5, 5.41) is 33.3. The fraction of sp³-hybridized carbons (Fsp3) is 0.250. The smallest absolute Gasteiger partial charge is 0.270 e. The second-order valence-electron chi connectivity index (χ2n) is 29.3. The van der Waals surface area contributed by atoms with E-state index in [1.165, 1.54) is 49.6 Å². The fourth-order valence-corrected chi connectivity index (χ4v) is 17.1. The Bertz CT molecular complexity index is 5830. The van der Waals surface area contributed by atoms with Crippen LogP contribution in [-0.2, 0) is 85.5 Å². The molecular formula is C88H78N8O17S. The van der Waals surface area contributed by atoms with Gasteiger partial charge >= 0.3 is 0 Å². The average molecular weight is 1550 g/mol. The van der Waals surface area contributed by atoms with Gasteiger partial charge in [-0.05, 0) is 198 Å². The van der Waals surface area contributed by atoms with Crippen LogP contribution in [0.5, 0.6) is 34.5 Å². The number of nitrogens with zero attached hydrogens (tertiary/aromatic N) is 8. The van der Waals surface area contributed by atoms with Gasteiger partial charge in [0.1, 0.15) is 13.2 Å². The lowest BCUT2D eigenvalue weighted by Crippen LogP contribution is -2.37. The van der Waals surface area contributed by atoms with Gasteiger partial charge < -0.3 is 38.6 Å². The molecule has 0 spiro atoms. The summed E-state index contributed by atoms with van der Waals surface area (Å²) in [6, 6.07) is 55.2. The first-order valence-electron chi connectivity index (χ1n) is 37.4. The first-order valence-corrected chi connectivity index (χ1v) is 39.2. The molecule has 4 amide bonds. The van der Waals surface area contributed by atoms with Gasteiger partial charge in [-0.2, -0.15) is 8.42 Å². The van der Waals surface area contributed by atoms with Crippen LogP contribution in [0.15, 0.2) is 192 Å². The molecule has 10 aromatic rings. The molecule has 18 rings (SSSR count). The summed E-state index contributed by atoms with van der Waals surface area (Å²) in [4.78, 5) is 93.4. The normalized spacial score (nSPS) is 17.4. The topological polar surface area (TPSA) is 302 Å². The molecule has 0 aliphatic carbocycles. The van der Waals surface area contributed by atoms with Crippen molar-refractivity contribution in [2.45, 2.75) is 115 Å². The number of carbonyl (C=O) groups excluding carboxylic acids is 4. The van der Waals surface area contributed by atoms with Crippen molar-refractivity contribution < 1.29 is 70.4 Å². The predicted molar refractivity (Wildman–Crippen MR) is 430 cm³/mol. The number of aromatic hydroxyl groups is 1. The molecule has 114 heavy (non-hydrogen) atoms. The summed E-state index contributed by atoms with van der Waals surface area (Å²) < 4.78 is 56.2. The van der Waals surface area contributed by atoms with Gasteiger partial charge in [-0.3, -0.25) is 63.4 Å². The SMILES string of the molecule is COc1cc2c(cc1O)N=C[C@@H]1Cc3ccccc3N1C2=O.COc1cc2c(cc1OCc1cc(CCc3cc4c(cc3C)C(=O)N3c5ccccc5C[C@H]3C=N4)cc([N+](=O)[O-])c1)CC[C@@H]1Cc3ccccc3N1C2=O.COc1cc2c(cc1OCc1cc(COS(C)(=O)=O)cc([N+](=O)[O-])c1)CC[C@@H]1Cc3ccccc3N1C2=O. The van der Waals surface area contributed by atoms with Gasteiger partial charge in [0.15, 0.2) is 34.5 Å². The fourth-order valence-electron chi connectivity index (χ4n) is 16.7. The van der Waals surface area contributed by atoms with E-state index in [2.05, 4.69) is 23.2 Å². The highest BCUT2D eigenvalue weighted by molar-refractivity contribution is 7.85. The second-order valence-corrected chi connectivity index (χ2v) is 31.0. The number of ether oxygens (including phenoxy) is 5. The Morgan fingerprint density at radius 1 is 0.447 bits per heavy atom. The summed E-state index contributed by atoms with van der Waals surface area (Å²) in [6.07, 6.45) is 11.9. The third-order valence-electron chi connectivity index (χ3n) is 22.2. The Morgan fingerprint density at radius 3 is 1.30 bits per heavy atom. The van der Waals surface area contributed by atoms with Crippen molar-refractivity contribution >= 4 is 91.7 Å². The molecule has 8 aliphatic heterocycles. The number of amides is 4. The number of aryl methyl sites for hydroxylation is 5. The van der Waals surface area contributed by atoms with Gasteiger partial charge in [0, 0.05) is 102 Å². The maximum atomic E-state index is 13.9. The number of nitro groups is 2. The summed E-state index contributed by atoms with van der Waals surface area (Å²) in [7, 11) is 0.767. The number of hydrogen-bond acceptors (Lipinski definition) is 19. The highest BCUT2D eigenvalue weighted by atomic mass is 32.2. The van der Waals surface area contributed by atoms with Gasteiger partial charge in [0.05, 0.1) is 78.6 Å². The van der Waals surface area contributed by atoms with Crippen LogP contribution in [0.25, 0.3) is 0 Å². The number of phenols is 1. The van der Waals surface area contributed by atoms with Crippen LogP contribution in [0.2, 0.25) is 0 Å². The number of carbonyl (C=O) groups is 4. The maximum absolute atomic E-state index is 13.9. The summed E-state index contributed by atoms with van der Waals surface area (Å²) in [5.41, 5.74) is 17.4. The molecule has 8 aliphatic rings. The third-order valence-corrected chi connectivity index (χ3v) is 22.7. The number of rotatable bonds is 17. The number of hydrogen-bond donors (Lipinski definition) is 1. The molecule has 10 aromatic carbocycles. The van der Waals surface area contributed by atoms with Crippen molar-refractivity contribution in [2.75, 3.05) is 47.2 Å². The van der Waals surface area contributed by atoms with Crippen molar-refractivity contribution in [3.05, 3.63) is 291 Å². The minimum atomic E-state index is -3.72. The van der Waals surface area contributed by atoms with E-state index in [0.29, 0.717) is 99.0 Å². The van der Waals surface area contributed by atoms with Crippen molar-refractivity contribution in [2.24, 2.45) is 9.98 Å². The number of anilines is 4. The number of aliphatic imine (C=N–C) groups is 2. The predicted octanol–water partition coefficient (Wildman–Crippen LogP) is 14.9. The number of nitro benzene ring substituents is 2. The summed E-state index contributed by atoms with van der Waals surface area (Å²) in [5.74, 6) is 1.65. The zero-order chi connectivity index (χ0) is 79.4. The second kappa shape index (κ2) is 30.9. The number of para-hydroxylation sites is 4. The Hall–Kier alpha value is -13.1. The Balaban J connectivity index is 0.000000141. The lowest BCUT2D eigenvalue weighted by molar-refractivity contribution is -0.385. The molecule has 578 valence electrons. The Labute approximate surface area is 656 Å². The Morgan fingerprint density at radius 2 is 0.842 bits per heavy atom. The van der Waals surface area contributed by atoms with E-state index in [9.17, 15) is 52.9 Å². The van der Waals surface area contributed by atoms with Gasteiger partial charge in [-0.15, -0.1) is 0 Å². The van der Waals surface area contributed by atoms with E-state index in [-0.39, 0.29) is 95.4 Å². The lowest BCUT2D eigenvalue weighted by Gasteiger charge is -2.23. The van der Waals surface area contributed by atoms with E-state index in [1.54, 1.807) is 54.6 Å². The highest BCUT2D eigenvalue weighted by Crippen LogP contribution is 2.46. The quantitative estimate of drug-likeness (QED) is 0.0503. The number of benzene rings is 10. The number of phenolic OH excluding ortho intramolecular Hbond substituents is 1. The third kappa shape index (κ3) is 14.7. The van der Waals surface area contributed by atoms with Gasteiger partial charge in [0.25, 0.3) is 45.1 Å². The first kappa shape index (κ1) is 75.0. The average Bonchev–Trinajstić information content (AvgIpc) is 1.64. The molecule has 1 N–H and O–H groups in total. The van der Waals surface area contributed by atoms with E-state index < -0.39 is 15.0 Å². The summed E-state index contributed by atoms with van der Waals surface area (Å²) in [6.45, 7) is 1.69. The van der Waals surface area contributed by atoms with Gasteiger partial charge in [-0.25, -0.2) is 0 Å². The molecular weight excluding hydrogens is 1470 g/mol. The number of non-ortho nitro benzene ring substituents is 2. The van der Waals surface area contributed by atoms with Crippen molar-refractivity contribution in [1.82, 2.24) is 0 Å². The van der Waals surface area contributed by atoms with Gasteiger partial charge in [0.2, 0.25) is 0 Å². The monoisotopic (exact) mass is 1550 g/mol. The molecule has 0 aromatic heterocycles. The standard InChI is InChI=1S/C44H38N4O6.C27H26N2O8S.C17H14N2O3/c1-26-15-37-38(45-24-35-20-32-8-4-6-10-40(32)47(35)44(37)50)21-29(26)12-11-27-16-28(18-34(17-27)48(51)52)25-54-42-22-30-13-14-33-19-31-7-3-5-9-39(31)46(33)43(49)36(30)23-41(42)53-2;1-35-25-14-23-19(7-8-21-12-20-5-3-4-6-24(20)28(21)27(23)30)13-26(25)36-15-17-9-18(16-37-38(2,33)34)11-22(10-17)29(31)32;1-22-16-7-12-13(8-15(16)20)18-9-11-6-10-4-2-3-5-14(10)19(11)17(12)21/h3-10,15-18,21-24,33,35H,11-14,19-20,25H2,1-2H3;3-6,9-11,13-14,21H,7-8,12,15-16H2,1-2H3;2-5,7-9,11,20H,6H2,1H3/t33-,35+;21-;11-/m110/s1. The van der Waals surface area contributed by atoms with E-state index in [1.807, 2.05) is 131 Å². The molecule has 0 unspecified atom stereocenters. The first-order chi connectivity index (χ1) is 55.1. The number of methoxy groups -OCH3 is 3. The molecule has 4 atom stereocenters. The van der Waals surface area contributed by atoms with E-state index in [0.717, 1.165) is 106 Å². The number of fused-ring (bicyclic) bond motifs is 16. The molecule has 0 bridgehead atoms. The van der Waals surface area contributed by atoms with Crippen molar-refractivity contribution in [3.63, 3.8) is 0 Å². The molecule has 0 saturated heterocycles. The Kier molecular flexibility index (Phi) is 20.3. The molecule has 8 heterocycles. The minimum Gasteiger partial charge on any atom is -0.504 e. The van der Waals surface area contributed by atoms with Crippen LogP contribution in [0, 0.1) is 27.2 Å². The largest absolute Gasteiger partial charge is 0.504 e. The maximum Gasteiger partial charge on any atom is 0.270 e. The highest BCUT2D eigenvalue weighted by Gasteiger charge is 2.42. The molecule has 0 fully saturated rings. The van der Waals surface area contributed by atoms with Gasteiger partial charge in [-0.1, -0.05) is 78.9 Å². The zero-order valence-electron chi connectivity index (χ0n) is 62.9. The van der Waals surface area contributed by atoms with E-state index >= 15 is 0 Å². The molecule has 0 saturated carbocycles. The van der Waals surface area contributed by atoms with Crippen LogP contribution in [0.1, 0.15) is 121 Å². The van der Waals surface area contributed by atoms with Crippen LogP contribution in [0.4, 0.5) is 45.5 Å². The van der Waals surface area contributed by atoms with Crippen molar-refractivity contribution in [3.8, 4) is 34.5 Å². The molecule has 26 heteroatoms. The van der Waals surface area contributed by atoms with Crippen molar-refractivity contribution in [1.29, 1.82) is 0 Å². The summed E-state index contributed by atoms with van der Waals surface area (Å²) >= 11 is 0. The molecule has 25 nitrogen and oxygen atoms in total. The van der Waals surface area contributed by atoms with Crippen LogP contribution in [0.3, 0.4) is 0 Å². The van der Waals surface area contributed by atoms with Crippen LogP contribution >= 0.6 is 0 Å². The van der Waals surface area contributed by atoms with Crippen LogP contribution < -0.4 is 43.3 Å². The zero-order valence-corrected chi connectivity index (χ0v) is 63.8. The van der Waals surface area contributed by atoms with E-state index in [4.69, 9.17) is 32.9 Å². The molecule has 0 radical (unpaired) electrons. The minimum absolute atomic E-state index is 0.0128. The lowest BCUT2D eigenvalue weighted by atomic mass is 9.96. The van der Waals surface area contributed by atoms with Crippen LogP contribution in [-0.4, -0.2) is 111 Å².